The van der Waals surface area contributed by atoms with Crippen molar-refractivity contribution in [3.05, 3.63) is 65.5 Å². The number of hydrogen-bond acceptors (Lipinski definition) is 3. The highest BCUT2D eigenvalue weighted by Gasteiger charge is 2.20. The van der Waals surface area contributed by atoms with Crippen molar-refractivity contribution in [3.8, 4) is 0 Å². The minimum atomic E-state index is 0.471. The Morgan fingerprint density at radius 2 is 1.82 bits per heavy atom. The zero-order valence-electron chi connectivity index (χ0n) is 17.2. The molecule has 2 heterocycles. The van der Waals surface area contributed by atoms with E-state index in [9.17, 15) is 0 Å². The molecule has 2 N–H and O–H groups in total. The third kappa shape index (κ3) is 6.06. The second kappa shape index (κ2) is 10.8. The Bertz CT molecular complexity index is 736. The molecule has 28 heavy (non-hydrogen) atoms. The van der Waals surface area contributed by atoms with E-state index in [-0.39, 0.29) is 0 Å². The zero-order chi connectivity index (χ0) is 19.6. The van der Waals surface area contributed by atoms with Crippen molar-refractivity contribution >= 4 is 5.96 Å². The van der Waals surface area contributed by atoms with Crippen molar-refractivity contribution in [3.63, 3.8) is 0 Å². The number of aromatic nitrogens is 1. The van der Waals surface area contributed by atoms with Gasteiger partial charge in [-0.2, -0.15) is 0 Å². The van der Waals surface area contributed by atoms with Gasteiger partial charge in [0, 0.05) is 38.4 Å². The highest BCUT2D eigenvalue weighted by molar-refractivity contribution is 5.80. The summed E-state index contributed by atoms with van der Waals surface area (Å²) in [4.78, 5) is 11.8. The summed E-state index contributed by atoms with van der Waals surface area (Å²) in [5, 5.41) is 7.05. The van der Waals surface area contributed by atoms with E-state index < -0.39 is 0 Å². The fourth-order valence-corrected chi connectivity index (χ4v) is 3.69. The maximum absolute atomic E-state index is 4.84. The average Bonchev–Trinajstić information content (AvgIpc) is 2.74. The van der Waals surface area contributed by atoms with Crippen LogP contribution in [0.15, 0.2) is 53.7 Å². The lowest BCUT2D eigenvalue weighted by Crippen LogP contribution is -2.48. The summed E-state index contributed by atoms with van der Waals surface area (Å²) in [6, 6.07) is 15.2. The lowest BCUT2D eigenvalue weighted by molar-refractivity contribution is 0.196. The molecule has 1 fully saturated rings. The molecule has 0 atom stereocenters. The van der Waals surface area contributed by atoms with E-state index in [0.717, 1.165) is 63.6 Å². The molecule has 3 rings (SSSR count). The van der Waals surface area contributed by atoms with Gasteiger partial charge in [-0.1, -0.05) is 37.3 Å². The number of benzene rings is 1. The number of hydrogen-bond donors (Lipinski definition) is 2. The first-order valence-electron chi connectivity index (χ1n) is 10.5. The topological polar surface area (TPSA) is 52.6 Å². The predicted octanol–water partition coefficient (Wildman–Crippen LogP) is 3.36. The van der Waals surface area contributed by atoms with Crippen molar-refractivity contribution in [2.75, 3.05) is 19.6 Å². The summed E-state index contributed by atoms with van der Waals surface area (Å²) < 4.78 is 0. The quantitative estimate of drug-likeness (QED) is 0.572. The zero-order valence-corrected chi connectivity index (χ0v) is 17.2. The number of aliphatic imine (C=N–C) groups is 1. The van der Waals surface area contributed by atoms with Gasteiger partial charge in [-0.15, -0.1) is 0 Å². The Hall–Kier alpha value is -2.40. The molecular formula is C23H33N5. The van der Waals surface area contributed by atoms with Crippen LogP contribution in [0.3, 0.4) is 0 Å². The second-order valence-corrected chi connectivity index (χ2v) is 7.33. The van der Waals surface area contributed by atoms with E-state index in [1.54, 1.807) is 0 Å². The van der Waals surface area contributed by atoms with Crippen molar-refractivity contribution in [2.45, 2.75) is 52.2 Å². The van der Waals surface area contributed by atoms with Crippen LogP contribution in [0.5, 0.6) is 0 Å². The Morgan fingerprint density at radius 1 is 1.07 bits per heavy atom. The van der Waals surface area contributed by atoms with Gasteiger partial charge < -0.3 is 10.6 Å². The van der Waals surface area contributed by atoms with Gasteiger partial charge in [0.2, 0.25) is 0 Å². The van der Waals surface area contributed by atoms with E-state index in [1.165, 1.54) is 11.1 Å². The Kier molecular flexibility index (Phi) is 7.85. The lowest BCUT2D eigenvalue weighted by atomic mass is 10.0. The molecule has 5 heteroatoms. The predicted molar refractivity (Wildman–Crippen MR) is 116 cm³/mol. The molecule has 1 aromatic carbocycles. The summed E-state index contributed by atoms with van der Waals surface area (Å²) in [5.74, 6) is 0.927. The molecule has 1 aromatic heterocycles. The van der Waals surface area contributed by atoms with Crippen molar-refractivity contribution in [2.24, 2.45) is 4.99 Å². The monoisotopic (exact) mass is 379 g/mol. The van der Waals surface area contributed by atoms with Gasteiger partial charge in [0.25, 0.3) is 0 Å². The first-order chi connectivity index (χ1) is 13.8. The number of pyridine rings is 1. The van der Waals surface area contributed by atoms with Gasteiger partial charge in [-0.3, -0.25) is 9.88 Å². The third-order valence-corrected chi connectivity index (χ3v) is 5.29. The Balaban J connectivity index is 1.52. The molecule has 150 valence electrons. The molecule has 0 amide bonds. The van der Waals surface area contributed by atoms with Gasteiger partial charge in [-0.25, -0.2) is 4.99 Å². The smallest absolute Gasteiger partial charge is 0.191 e. The Labute approximate surface area is 169 Å². The van der Waals surface area contributed by atoms with Crippen molar-refractivity contribution in [1.29, 1.82) is 0 Å². The minimum absolute atomic E-state index is 0.471. The van der Waals surface area contributed by atoms with E-state index >= 15 is 0 Å². The summed E-state index contributed by atoms with van der Waals surface area (Å²) in [6.45, 7) is 9.03. The molecule has 0 bridgehead atoms. The number of aryl methyl sites for hydroxylation is 1. The number of guanidine groups is 1. The summed E-state index contributed by atoms with van der Waals surface area (Å²) in [6.07, 6.45) is 5.18. The molecule has 1 aliphatic rings. The highest BCUT2D eigenvalue weighted by atomic mass is 15.2. The summed E-state index contributed by atoms with van der Waals surface area (Å²) >= 11 is 0. The molecule has 5 nitrogen and oxygen atoms in total. The van der Waals surface area contributed by atoms with E-state index in [1.807, 2.05) is 12.3 Å². The maximum Gasteiger partial charge on any atom is 0.191 e. The van der Waals surface area contributed by atoms with Gasteiger partial charge >= 0.3 is 0 Å². The van der Waals surface area contributed by atoms with Crippen LogP contribution in [0.4, 0.5) is 0 Å². The van der Waals surface area contributed by atoms with Crippen LogP contribution in [-0.4, -0.2) is 41.5 Å². The van der Waals surface area contributed by atoms with Crippen LogP contribution in [0.25, 0.3) is 0 Å². The highest BCUT2D eigenvalue weighted by Crippen LogP contribution is 2.14. The largest absolute Gasteiger partial charge is 0.357 e. The van der Waals surface area contributed by atoms with Crippen LogP contribution in [0.1, 0.15) is 43.5 Å². The molecule has 0 unspecified atom stereocenters. The first kappa shape index (κ1) is 20.3. The molecule has 2 aromatic rings. The van der Waals surface area contributed by atoms with Crippen molar-refractivity contribution in [1.82, 2.24) is 20.5 Å². The van der Waals surface area contributed by atoms with Crippen LogP contribution >= 0.6 is 0 Å². The second-order valence-electron chi connectivity index (χ2n) is 7.33. The van der Waals surface area contributed by atoms with Gasteiger partial charge in [-0.05, 0) is 49.4 Å². The van der Waals surface area contributed by atoms with Gasteiger partial charge in [0.15, 0.2) is 5.96 Å². The summed E-state index contributed by atoms with van der Waals surface area (Å²) in [5.41, 5.74) is 3.84. The van der Waals surface area contributed by atoms with Crippen LogP contribution in [0.2, 0.25) is 0 Å². The summed E-state index contributed by atoms with van der Waals surface area (Å²) in [7, 11) is 0. The maximum atomic E-state index is 4.84. The van der Waals surface area contributed by atoms with E-state index in [4.69, 9.17) is 4.99 Å². The first-order valence-corrected chi connectivity index (χ1v) is 10.5. The Morgan fingerprint density at radius 3 is 2.50 bits per heavy atom. The van der Waals surface area contributed by atoms with Crippen LogP contribution in [0, 0.1) is 0 Å². The number of rotatable bonds is 7. The van der Waals surface area contributed by atoms with Crippen LogP contribution < -0.4 is 10.6 Å². The van der Waals surface area contributed by atoms with E-state index in [2.05, 4.69) is 70.8 Å². The lowest BCUT2D eigenvalue weighted by Gasteiger charge is -2.32. The molecular weight excluding hydrogens is 346 g/mol. The average molecular weight is 380 g/mol. The third-order valence-electron chi connectivity index (χ3n) is 5.29. The molecule has 0 spiro atoms. The van der Waals surface area contributed by atoms with Crippen LogP contribution in [-0.2, 0) is 19.5 Å². The van der Waals surface area contributed by atoms with E-state index in [0.29, 0.717) is 6.04 Å². The van der Waals surface area contributed by atoms with Gasteiger partial charge in [0.05, 0.1) is 12.2 Å². The molecule has 0 aliphatic carbocycles. The van der Waals surface area contributed by atoms with Crippen molar-refractivity contribution < 1.29 is 0 Å². The standard InChI is InChI=1S/C23H33N5/c1-3-19-9-5-6-10-20(19)17-26-23(24-4-2)27-21-12-15-28(16-13-21)18-22-11-7-8-14-25-22/h5-11,14,21H,3-4,12-13,15-18H2,1-2H3,(H2,24,26,27). The SMILES string of the molecule is CCNC(=NCc1ccccc1CC)NC1CCN(Cc2ccccn2)CC1. The minimum Gasteiger partial charge on any atom is -0.357 e. The number of piperidine rings is 1. The molecule has 1 saturated heterocycles. The number of nitrogens with one attached hydrogen (secondary N) is 2. The number of likely N-dealkylation sites (tertiary alicyclic amines) is 1. The fourth-order valence-electron chi connectivity index (χ4n) is 3.69. The molecule has 0 radical (unpaired) electrons. The number of nitrogens with zero attached hydrogens (tertiary/aromatic N) is 3. The molecule has 1 aliphatic heterocycles. The molecule has 0 saturated carbocycles. The normalized spacial score (nSPS) is 16.1. The fraction of sp³-hybridized carbons (Fsp3) is 0.478. The van der Waals surface area contributed by atoms with Gasteiger partial charge in [0.1, 0.15) is 0 Å².